The number of ether oxygens (including phenoxy) is 2. The minimum absolute atomic E-state index is 0. The highest BCUT2D eigenvalue weighted by Gasteiger charge is 2.40. The van der Waals surface area contributed by atoms with Gasteiger partial charge in [-0.15, -0.1) is 0 Å². The van der Waals surface area contributed by atoms with Crippen LogP contribution >= 0.6 is 0 Å². The predicted molar refractivity (Wildman–Crippen MR) is 122 cm³/mol. The Morgan fingerprint density at radius 3 is 2.46 bits per heavy atom. The first-order valence-electron chi connectivity index (χ1n) is 11.5. The van der Waals surface area contributed by atoms with Gasteiger partial charge in [-0.3, -0.25) is 19.7 Å². The van der Waals surface area contributed by atoms with Gasteiger partial charge in [-0.2, -0.15) is 0 Å². The standard InChI is InChI=1S/C25H27N3O5.ClH.H2O/c29-23-9-8-21(24(30)26-23)28-15-20-19(25(28)31)2-1-3-22(20)33-16-18-6-4-17(5-7-18)14-27-10-12-32-13-11-27;;/h1-7,21H,8-16H2,(H,26,29,30);1H;1H2. The summed E-state index contributed by atoms with van der Waals surface area (Å²) in [6.07, 6.45) is 0.585. The number of carbonyl (C=O) groups excluding carboxylic acids is 3. The SMILES string of the molecule is O.O=C1CCC(N2Cc3c(OCc4ccc(C[NH+]5CCOCC5)cc4)cccc3C2=O)C(=O)N1.[Cl-]. The molecule has 10 heteroatoms. The van der Waals surface area contributed by atoms with Crippen LogP contribution in [0.25, 0.3) is 0 Å². The van der Waals surface area contributed by atoms with Gasteiger partial charge in [0.25, 0.3) is 5.91 Å². The lowest BCUT2D eigenvalue weighted by atomic mass is 10.0. The van der Waals surface area contributed by atoms with E-state index in [4.69, 9.17) is 9.47 Å². The highest BCUT2D eigenvalue weighted by Crippen LogP contribution is 2.33. The second kappa shape index (κ2) is 11.6. The number of amides is 3. The van der Waals surface area contributed by atoms with Gasteiger partial charge in [0.05, 0.1) is 19.8 Å². The van der Waals surface area contributed by atoms with E-state index < -0.39 is 11.9 Å². The second-order valence-electron chi connectivity index (χ2n) is 8.83. The average molecular weight is 504 g/mol. The molecule has 0 saturated carbocycles. The third kappa shape index (κ3) is 5.82. The van der Waals surface area contributed by atoms with E-state index in [1.54, 1.807) is 17.0 Å². The molecule has 35 heavy (non-hydrogen) atoms. The maximum Gasteiger partial charge on any atom is 0.255 e. The number of nitrogens with one attached hydrogen (secondary N) is 2. The predicted octanol–water partition coefficient (Wildman–Crippen LogP) is -3.38. The van der Waals surface area contributed by atoms with Crippen molar-refractivity contribution >= 4 is 17.7 Å². The van der Waals surface area contributed by atoms with Crippen LogP contribution in [0.15, 0.2) is 42.5 Å². The summed E-state index contributed by atoms with van der Waals surface area (Å²) in [4.78, 5) is 39.8. The topological polar surface area (TPSA) is 121 Å². The number of hydrogen-bond donors (Lipinski definition) is 2. The number of benzene rings is 2. The first-order chi connectivity index (χ1) is 16.1. The van der Waals surface area contributed by atoms with E-state index in [1.165, 1.54) is 10.5 Å². The Labute approximate surface area is 210 Å². The summed E-state index contributed by atoms with van der Waals surface area (Å²) in [5, 5.41) is 2.33. The van der Waals surface area contributed by atoms with Crippen LogP contribution in [0.4, 0.5) is 0 Å². The van der Waals surface area contributed by atoms with Gasteiger partial charge in [-0.25, -0.2) is 0 Å². The van der Waals surface area contributed by atoms with E-state index in [0.717, 1.165) is 44.0 Å². The maximum atomic E-state index is 12.9. The molecule has 4 N–H and O–H groups in total. The zero-order valence-corrected chi connectivity index (χ0v) is 20.1. The highest BCUT2D eigenvalue weighted by molar-refractivity contribution is 6.05. The minimum atomic E-state index is -0.628. The van der Waals surface area contributed by atoms with Crippen LogP contribution in [0.3, 0.4) is 0 Å². The van der Waals surface area contributed by atoms with Crippen molar-refractivity contribution in [1.29, 1.82) is 0 Å². The number of quaternary nitrogens is 1. The fraction of sp³-hybridized carbons (Fsp3) is 0.400. The molecule has 1 atom stereocenters. The summed E-state index contributed by atoms with van der Waals surface area (Å²) in [6.45, 7) is 5.43. The van der Waals surface area contributed by atoms with E-state index in [1.807, 2.05) is 6.07 Å². The summed E-state index contributed by atoms with van der Waals surface area (Å²) in [5.74, 6) is -0.243. The molecule has 2 aromatic carbocycles. The Balaban J connectivity index is 0.00000171. The van der Waals surface area contributed by atoms with Crippen molar-refractivity contribution in [3.05, 3.63) is 64.7 Å². The molecule has 3 aliphatic rings. The quantitative estimate of drug-likeness (QED) is 0.399. The number of morpholine rings is 1. The Morgan fingerprint density at radius 1 is 1.03 bits per heavy atom. The van der Waals surface area contributed by atoms with Crippen LogP contribution in [-0.2, 0) is 34.0 Å². The smallest absolute Gasteiger partial charge is 0.255 e. The number of carbonyl (C=O) groups is 3. The van der Waals surface area contributed by atoms with Crippen LogP contribution in [-0.4, -0.2) is 60.4 Å². The van der Waals surface area contributed by atoms with Gasteiger partial charge in [0.1, 0.15) is 38.0 Å². The Morgan fingerprint density at radius 2 is 1.74 bits per heavy atom. The maximum absolute atomic E-state index is 12.9. The van der Waals surface area contributed by atoms with E-state index in [-0.39, 0.29) is 36.1 Å². The molecule has 3 heterocycles. The number of imide groups is 1. The highest BCUT2D eigenvalue weighted by atomic mass is 35.5. The molecule has 2 saturated heterocycles. The molecule has 5 rings (SSSR count). The molecule has 0 bridgehead atoms. The average Bonchev–Trinajstić information content (AvgIpc) is 3.16. The Bertz CT molecular complexity index is 1070. The van der Waals surface area contributed by atoms with Crippen LogP contribution in [0.5, 0.6) is 5.75 Å². The third-order valence-electron chi connectivity index (χ3n) is 6.61. The van der Waals surface area contributed by atoms with E-state index in [9.17, 15) is 14.4 Å². The van der Waals surface area contributed by atoms with Crippen molar-refractivity contribution in [3.8, 4) is 5.75 Å². The number of rotatable bonds is 6. The number of halogens is 1. The minimum Gasteiger partial charge on any atom is -1.00 e. The molecular weight excluding hydrogens is 474 g/mol. The van der Waals surface area contributed by atoms with Crippen molar-refractivity contribution in [2.45, 2.75) is 38.6 Å². The summed E-state index contributed by atoms with van der Waals surface area (Å²) in [5.41, 5.74) is 3.70. The van der Waals surface area contributed by atoms with Gasteiger partial charge in [0.15, 0.2) is 0 Å². The molecule has 2 fully saturated rings. The first kappa shape index (κ1) is 26.6. The van der Waals surface area contributed by atoms with Crippen LogP contribution < -0.4 is 27.4 Å². The van der Waals surface area contributed by atoms with Crippen molar-refractivity contribution in [3.63, 3.8) is 0 Å². The largest absolute Gasteiger partial charge is 1.00 e. The van der Waals surface area contributed by atoms with Crippen molar-refractivity contribution in [2.24, 2.45) is 0 Å². The molecule has 0 spiro atoms. The number of piperidine rings is 1. The normalized spacial score (nSPS) is 19.9. The Kier molecular flexibility index (Phi) is 8.85. The van der Waals surface area contributed by atoms with Crippen LogP contribution in [0, 0.1) is 0 Å². The molecule has 3 amide bonds. The lowest BCUT2D eigenvalue weighted by Gasteiger charge is -2.29. The van der Waals surface area contributed by atoms with Crippen LogP contribution in [0.2, 0.25) is 0 Å². The zero-order valence-electron chi connectivity index (χ0n) is 19.3. The molecular formula is C25H30ClN3O6. The van der Waals surface area contributed by atoms with Gasteiger partial charge < -0.3 is 37.2 Å². The summed E-state index contributed by atoms with van der Waals surface area (Å²) < 4.78 is 11.5. The lowest BCUT2D eigenvalue weighted by molar-refractivity contribution is -0.921. The van der Waals surface area contributed by atoms with Gasteiger partial charge >= 0.3 is 0 Å². The monoisotopic (exact) mass is 503 g/mol. The first-order valence-corrected chi connectivity index (χ1v) is 11.5. The van der Waals surface area contributed by atoms with Crippen molar-refractivity contribution < 1.29 is 46.6 Å². The van der Waals surface area contributed by atoms with E-state index >= 15 is 0 Å². The van der Waals surface area contributed by atoms with Gasteiger partial charge in [-0.1, -0.05) is 30.3 Å². The van der Waals surface area contributed by atoms with Gasteiger partial charge in [0.2, 0.25) is 11.8 Å². The van der Waals surface area contributed by atoms with Gasteiger partial charge in [0, 0.05) is 23.1 Å². The number of hydrogen-bond acceptors (Lipinski definition) is 5. The zero-order chi connectivity index (χ0) is 22.8. The molecule has 1 unspecified atom stereocenters. The fourth-order valence-electron chi connectivity index (χ4n) is 4.73. The third-order valence-corrected chi connectivity index (χ3v) is 6.61. The van der Waals surface area contributed by atoms with E-state index in [2.05, 4.69) is 29.6 Å². The van der Waals surface area contributed by atoms with Crippen LogP contribution in [0.1, 0.15) is 39.9 Å². The molecule has 2 aromatic rings. The van der Waals surface area contributed by atoms with Crippen molar-refractivity contribution in [2.75, 3.05) is 26.3 Å². The Hall–Kier alpha value is -2.98. The summed E-state index contributed by atoms with van der Waals surface area (Å²) in [6, 6.07) is 13.2. The summed E-state index contributed by atoms with van der Waals surface area (Å²) in [7, 11) is 0. The van der Waals surface area contributed by atoms with E-state index in [0.29, 0.717) is 30.9 Å². The molecule has 0 aliphatic carbocycles. The molecule has 188 valence electrons. The van der Waals surface area contributed by atoms with Gasteiger partial charge in [-0.05, 0) is 24.1 Å². The number of fused-ring (bicyclic) bond motifs is 1. The molecule has 9 nitrogen and oxygen atoms in total. The molecule has 0 aromatic heterocycles. The second-order valence-corrected chi connectivity index (χ2v) is 8.83. The molecule has 3 aliphatic heterocycles. The fourth-order valence-corrected chi connectivity index (χ4v) is 4.73. The lowest BCUT2D eigenvalue weighted by Crippen LogP contribution is -3.12. The molecule has 0 radical (unpaired) electrons. The summed E-state index contributed by atoms with van der Waals surface area (Å²) >= 11 is 0. The number of nitrogens with zero attached hydrogens (tertiary/aromatic N) is 1. The van der Waals surface area contributed by atoms with Crippen molar-refractivity contribution in [1.82, 2.24) is 10.2 Å².